The van der Waals surface area contributed by atoms with Crippen LogP contribution in [0.15, 0.2) is 30.3 Å². The molecule has 1 saturated heterocycles. The molecule has 0 spiro atoms. The van der Waals surface area contributed by atoms with Crippen LogP contribution in [0.5, 0.6) is 0 Å². The van der Waals surface area contributed by atoms with Crippen molar-refractivity contribution in [1.29, 1.82) is 0 Å². The lowest BCUT2D eigenvalue weighted by molar-refractivity contribution is 0.0162. The van der Waals surface area contributed by atoms with E-state index in [1.54, 1.807) is 11.0 Å². The Bertz CT molecular complexity index is 1280. The molecule has 5 rings (SSSR count). The van der Waals surface area contributed by atoms with Crippen LogP contribution >= 0.6 is 0 Å². The summed E-state index contributed by atoms with van der Waals surface area (Å²) in [7, 11) is 0. The number of rotatable bonds is 9. The van der Waals surface area contributed by atoms with Crippen molar-refractivity contribution in [2.45, 2.75) is 50.5 Å². The molecule has 1 unspecified atom stereocenters. The van der Waals surface area contributed by atoms with Gasteiger partial charge in [-0.3, -0.25) is 14.2 Å². The molecular weight excluding hydrogens is 503 g/mol. The fourth-order valence-corrected chi connectivity index (χ4v) is 5.81. The van der Waals surface area contributed by atoms with Crippen molar-refractivity contribution < 1.29 is 27.1 Å². The van der Waals surface area contributed by atoms with Crippen LogP contribution in [-0.2, 0) is 6.42 Å². The van der Waals surface area contributed by atoms with Gasteiger partial charge in [-0.05, 0) is 62.6 Å². The minimum atomic E-state index is -2.01. The molecule has 0 bridgehead atoms. The summed E-state index contributed by atoms with van der Waals surface area (Å²) >= 11 is 0. The molecule has 5 nitrogen and oxygen atoms in total. The maximum absolute atomic E-state index is 15.8. The molecule has 0 radical (unpaired) electrons. The van der Waals surface area contributed by atoms with E-state index in [9.17, 15) is 13.9 Å². The lowest BCUT2D eigenvalue weighted by Gasteiger charge is -2.43. The number of H-pyrrole nitrogens is 1. The number of fused-ring (bicyclic) bond motifs is 3. The number of benzene rings is 2. The van der Waals surface area contributed by atoms with Crippen molar-refractivity contribution >= 4 is 16.6 Å². The average Bonchev–Trinajstić information content (AvgIpc) is 3.18. The van der Waals surface area contributed by atoms with E-state index in [1.165, 1.54) is 31.2 Å². The van der Waals surface area contributed by atoms with Gasteiger partial charge in [-0.15, -0.1) is 0 Å². The number of hydrogen-bond donors (Lipinski definition) is 3. The van der Waals surface area contributed by atoms with Crippen LogP contribution in [0.1, 0.15) is 43.1 Å². The topological polar surface area (TPSA) is 54.5 Å². The third-order valence-electron chi connectivity index (χ3n) is 7.70. The number of anilines is 1. The van der Waals surface area contributed by atoms with Gasteiger partial charge < -0.3 is 15.4 Å². The molecule has 2 aromatic carbocycles. The molecule has 3 heterocycles. The van der Waals surface area contributed by atoms with E-state index >= 15 is 13.2 Å². The zero-order valence-corrected chi connectivity index (χ0v) is 21.5. The van der Waals surface area contributed by atoms with Crippen molar-refractivity contribution in [2.24, 2.45) is 0 Å². The normalized spacial score (nSPS) is 22.3. The second kappa shape index (κ2) is 10.5. The second-order valence-electron chi connectivity index (χ2n) is 10.9. The van der Waals surface area contributed by atoms with E-state index < -0.39 is 35.8 Å². The van der Waals surface area contributed by atoms with Gasteiger partial charge in [-0.1, -0.05) is 0 Å². The summed E-state index contributed by atoms with van der Waals surface area (Å²) in [6.07, 6.45) is 0.873. The van der Waals surface area contributed by atoms with Gasteiger partial charge in [0.25, 0.3) is 0 Å². The van der Waals surface area contributed by atoms with Gasteiger partial charge in [0.2, 0.25) is 0 Å². The summed E-state index contributed by atoms with van der Waals surface area (Å²) in [6.45, 7) is 3.66. The highest BCUT2D eigenvalue weighted by Gasteiger charge is 2.42. The summed E-state index contributed by atoms with van der Waals surface area (Å²) in [4.78, 5) is 6.94. The number of hydrogen-bond acceptors (Lipinski definition) is 4. The second-order valence-corrected chi connectivity index (χ2v) is 10.9. The molecule has 3 N–H and O–H groups in total. The summed E-state index contributed by atoms with van der Waals surface area (Å²) in [6, 6.07) is 5.40. The third-order valence-corrected chi connectivity index (χ3v) is 7.70. The van der Waals surface area contributed by atoms with Crippen LogP contribution in [0.25, 0.3) is 10.9 Å². The molecule has 10 heteroatoms. The van der Waals surface area contributed by atoms with Crippen LogP contribution in [0.4, 0.5) is 27.6 Å². The number of nitrogens with one attached hydrogen (secondary N) is 2. The Kier molecular flexibility index (Phi) is 7.41. The first-order valence-electron chi connectivity index (χ1n) is 13.0. The highest BCUT2D eigenvalue weighted by atomic mass is 19.2. The van der Waals surface area contributed by atoms with Gasteiger partial charge in [0.05, 0.1) is 25.4 Å². The molecule has 0 aliphatic carbocycles. The Balaban J connectivity index is 1.52. The van der Waals surface area contributed by atoms with Crippen LogP contribution in [0, 0.1) is 17.5 Å². The Morgan fingerprint density at radius 3 is 2.50 bits per heavy atom. The molecule has 3 atom stereocenters. The number of aromatic nitrogens is 1. The quantitative estimate of drug-likeness (QED) is 0.333. The smallest absolute Gasteiger partial charge is 0.143 e. The molecule has 1 aromatic heterocycles. The zero-order chi connectivity index (χ0) is 27.2. The van der Waals surface area contributed by atoms with Crippen molar-refractivity contribution in [2.75, 3.05) is 44.8 Å². The van der Waals surface area contributed by atoms with Crippen molar-refractivity contribution in [1.82, 2.24) is 14.8 Å². The van der Waals surface area contributed by atoms with Crippen LogP contribution in [0.2, 0.25) is 0 Å². The van der Waals surface area contributed by atoms with Crippen LogP contribution in [-0.4, -0.2) is 77.1 Å². The van der Waals surface area contributed by atoms with Crippen LogP contribution < -0.4 is 5.32 Å². The number of aromatic amines is 1. The lowest BCUT2D eigenvalue weighted by Crippen LogP contribution is -2.54. The Morgan fingerprint density at radius 1 is 1.13 bits per heavy atom. The van der Waals surface area contributed by atoms with Gasteiger partial charge in [-0.25, -0.2) is 17.6 Å². The largest absolute Gasteiger partial charge is 0.393 e. The molecular formula is C28H33F5N4O. The van der Waals surface area contributed by atoms with Gasteiger partial charge >= 0.3 is 0 Å². The third kappa shape index (κ3) is 5.13. The Labute approximate surface area is 218 Å². The highest BCUT2D eigenvalue weighted by molar-refractivity contribution is 5.85. The average molecular weight is 537 g/mol. The maximum atomic E-state index is 15.8. The number of likely N-dealkylation sites (tertiary alicyclic amines) is 1. The van der Waals surface area contributed by atoms with E-state index in [0.717, 1.165) is 5.56 Å². The van der Waals surface area contributed by atoms with Gasteiger partial charge in [0, 0.05) is 60.1 Å². The SMILES string of the molecule is C[C@H]1Cc2c([nH]c3ccc(F)cc23)C(c2c(F)cc(NC3CN(CCCF)C3)cc2F)N1C[C@@](C)(F)CO. The molecule has 3 aromatic rings. The van der Waals surface area contributed by atoms with Crippen LogP contribution in [0.3, 0.4) is 0 Å². The summed E-state index contributed by atoms with van der Waals surface area (Å²) in [5, 5.41) is 13.4. The lowest BCUT2D eigenvalue weighted by atomic mass is 9.87. The first kappa shape index (κ1) is 26.9. The van der Waals surface area contributed by atoms with E-state index in [4.69, 9.17) is 0 Å². The van der Waals surface area contributed by atoms with Gasteiger partial charge in [0.1, 0.15) is 23.1 Å². The minimum absolute atomic E-state index is 0.00234. The van der Waals surface area contributed by atoms with E-state index in [2.05, 4.69) is 15.2 Å². The fraction of sp³-hybridized carbons (Fsp3) is 0.500. The minimum Gasteiger partial charge on any atom is -0.393 e. The Morgan fingerprint density at radius 2 is 1.84 bits per heavy atom. The standard InChI is InChI=1S/C28H33F5N4O/c1-16-8-21-20-9-17(30)4-5-24(20)35-26(21)27(37(16)14-28(2,33)15-38)25-22(31)10-18(11-23(25)32)34-19-12-36(13-19)7-3-6-29/h4-5,9-11,16,19,27,34-35,38H,3,6-8,12-15H2,1-2H3/t16-,27?,28+/m0/s1. The van der Waals surface area contributed by atoms with E-state index in [-0.39, 0.29) is 30.9 Å². The first-order valence-corrected chi connectivity index (χ1v) is 13.0. The van der Waals surface area contributed by atoms with E-state index in [1.807, 2.05) is 6.92 Å². The molecule has 2 aliphatic rings. The number of aliphatic hydroxyl groups is 1. The predicted octanol–water partition coefficient (Wildman–Crippen LogP) is 5.10. The van der Waals surface area contributed by atoms with E-state index in [0.29, 0.717) is 54.8 Å². The molecule has 0 saturated carbocycles. The number of halogens is 5. The predicted molar refractivity (Wildman–Crippen MR) is 137 cm³/mol. The maximum Gasteiger partial charge on any atom is 0.143 e. The Hall–Kier alpha value is -2.69. The number of aliphatic hydroxyl groups excluding tert-OH is 1. The fourth-order valence-electron chi connectivity index (χ4n) is 5.81. The van der Waals surface area contributed by atoms with Crippen molar-refractivity contribution in [3.63, 3.8) is 0 Å². The number of nitrogens with zero attached hydrogens (tertiary/aromatic N) is 2. The van der Waals surface area contributed by atoms with Crippen molar-refractivity contribution in [3.05, 3.63) is 64.6 Å². The molecule has 0 amide bonds. The summed E-state index contributed by atoms with van der Waals surface area (Å²) < 4.78 is 73.1. The van der Waals surface area contributed by atoms with Crippen molar-refractivity contribution in [3.8, 4) is 0 Å². The zero-order valence-electron chi connectivity index (χ0n) is 21.5. The summed E-state index contributed by atoms with van der Waals surface area (Å²) in [5.74, 6) is -1.99. The van der Waals surface area contributed by atoms with Gasteiger partial charge in [-0.2, -0.15) is 0 Å². The number of alkyl halides is 2. The van der Waals surface area contributed by atoms with Gasteiger partial charge in [0.15, 0.2) is 0 Å². The first-order chi connectivity index (χ1) is 18.1. The molecule has 38 heavy (non-hydrogen) atoms. The molecule has 206 valence electrons. The monoisotopic (exact) mass is 536 g/mol. The molecule has 1 fully saturated rings. The highest BCUT2D eigenvalue weighted by Crippen LogP contribution is 2.43. The molecule has 2 aliphatic heterocycles. The summed E-state index contributed by atoms with van der Waals surface area (Å²) in [5.41, 5.74) is -0.0993.